The molecule has 1 atom stereocenters. The van der Waals surface area contributed by atoms with Crippen LogP contribution in [0.2, 0.25) is 0 Å². The minimum absolute atomic E-state index is 0.170. The molecule has 5 heteroatoms. The van der Waals surface area contributed by atoms with Crippen LogP contribution < -0.4 is 5.69 Å². The molecule has 0 saturated carbocycles. The SMILES string of the molecule is CCCCCCCc1cc2cn(C3CCCO3)c(=O)nc2o1. The van der Waals surface area contributed by atoms with Crippen LogP contribution >= 0.6 is 0 Å². The summed E-state index contributed by atoms with van der Waals surface area (Å²) in [5, 5.41) is 0.888. The second-order valence-corrected chi connectivity index (χ2v) is 6.04. The number of ether oxygens (including phenoxy) is 1. The first-order valence-electron chi connectivity index (χ1n) is 8.41. The van der Waals surface area contributed by atoms with E-state index >= 15 is 0 Å². The van der Waals surface area contributed by atoms with Crippen LogP contribution in [0.4, 0.5) is 0 Å². The molecule has 0 amide bonds. The fourth-order valence-electron chi connectivity index (χ4n) is 2.99. The second kappa shape index (κ2) is 7.09. The minimum atomic E-state index is -0.289. The summed E-state index contributed by atoms with van der Waals surface area (Å²) in [5.74, 6) is 0.920. The monoisotopic (exact) mass is 304 g/mol. The predicted octanol–water partition coefficient (Wildman–Crippen LogP) is 3.81. The summed E-state index contributed by atoms with van der Waals surface area (Å²) in [6, 6.07) is 2.01. The smallest absolute Gasteiger partial charge is 0.353 e. The fourth-order valence-corrected chi connectivity index (χ4v) is 2.99. The van der Waals surface area contributed by atoms with Gasteiger partial charge in [0.15, 0.2) is 0 Å². The summed E-state index contributed by atoms with van der Waals surface area (Å²) in [5.41, 5.74) is 0.158. The molecule has 1 unspecified atom stereocenters. The Morgan fingerprint density at radius 3 is 2.95 bits per heavy atom. The Hall–Kier alpha value is -1.62. The van der Waals surface area contributed by atoms with Gasteiger partial charge in [0.2, 0.25) is 5.71 Å². The predicted molar refractivity (Wildman–Crippen MR) is 85.0 cm³/mol. The van der Waals surface area contributed by atoms with Crippen molar-refractivity contribution in [2.75, 3.05) is 6.61 Å². The lowest BCUT2D eigenvalue weighted by molar-refractivity contribution is 0.0531. The molecule has 3 heterocycles. The number of aromatic nitrogens is 2. The van der Waals surface area contributed by atoms with Crippen molar-refractivity contribution in [2.24, 2.45) is 0 Å². The average molecular weight is 304 g/mol. The molecule has 22 heavy (non-hydrogen) atoms. The first kappa shape index (κ1) is 15.3. The normalized spacial score (nSPS) is 18.3. The number of furan rings is 1. The fraction of sp³-hybridized carbons (Fsp3) is 0.647. The zero-order valence-corrected chi connectivity index (χ0v) is 13.2. The van der Waals surface area contributed by atoms with Crippen LogP contribution in [0.5, 0.6) is 0 Å². The van der Waals surface area contributed by atoms with Crippen molar-refractivity contribution in [2.45, 2.75) is 64.5 Å². The highest BCUT2D eigenvalue weighted by molar-refractivity contribution is 5.72. The number of unbranched alkanes of at least 4 members (excludes halogenated alkanes) is 4. The van der Waals surface area contributed by atoms with E-state index in [4.69, 9.17) is 9.15 Å². The molecule has 3 rings (SSSR count). The minimum Gasteiger partial charge on any atom is -0.443 e. The van der Waals surface area contributed by atoms with Crippen LogP contribution in [0.15, 0.2) is 21.5 Å². The van der Waals surface area contributed by atoms with E-state index in [2.05, 4.69) is 11.9 Å². The number of nitrogens with zero attached hydrogens (tertiary/aromatic N) is 2. The Labute approximate surface area is 130 Å². The largest absolute Gasteiger partial charge is 0.443 e. The highest BCUT2D eigenvalue weighted by atomic mass is 16.5. The molecule has 2 aromatic rings. The maximum Gasteiger partial charge on any atom is 0.353 e. The van der Waals surface area contributed by atoms with E-state index in [1.54, 1.807) is 4.57 Å². The molecule has 0 spiro atoms. The molecule has 0 aliphatic carbocycles. The lowest BCUT2D eigenvalue weighted by Crippen LogP contribution is -2.25. The second-order valence-electron chi connectivity index (χ2n) is 6.04. The van der Waals surface area contributed by atoms with Crippen molar-refractivity contribution >= 4 is 11.1 Å². The van der Waals surface area contributed by atoms with E-state index in [0.717, 1.165) is 36.8 Å². The van der Waals surface area contributed by atoms with Gasteiger partial charge in [0.1, 0.15) is 12.0 Å². The van der Waals surface area contributed by atoms with Crippen molar-refractivity contribution in [3.8, 4) is 0 Å². The first-order valence-corrected chi connectivity index (χ1v) is 8.41. The Morgan fingerprint density at radius 1 is 1.32 bits per heavy atom. The molecule has 1 aliphatic rings. The van der Waals surface area contributed by atoms with Crippen molar-refractivity contribution in [3.05, 3.63) is 28.5 Å². The Balaban J connectivity index is 1.71. The number of rotatable bonds is 7. The van der Waals surface area contributed by atoms with Gasteiger partial charge >= 0.3 is 5.69 Å². The van der Waals surface area contributed by atoms with Crippen LogP contribution in [-0.4, -0.2) is 16.2 Å². The lowest BCUT2D eigenvalue weighted by Gasteiger charge is -2.11. The average Bonchev–Trinajstić information content (AvgIpc) is 3.14. The highest BCUT2D eigenvalue weighted by Gasteiger charge is 2.20. The topological polar surface area (TPSA) is 57.3 Å². The molecule has 1 saturated heterocycles. The number of hydrogen-bond acceptors (Lipinski definition) is 4. The van der Waals surface area contributed by atoms with E-state index in [1.165, 1.54) is 25.7 Å². The summed E-state index contributed by atoms with van der Waals surface area (Å²) in [6.07, 6.45) is 10.6. The van der Waals surface area contributed by atoms with Gasteiger partial charge in [-0.15, -0.1) is 0 Å². The van der Waals surface area contributed by atoms with Gasteiger partial charge in [0, 0.05) is 19.2 Å². The summed E-state index contributed by atoms with van der Waals surface area (Å²) < 4.78 is 12.9. The molecule has 5 nitrogen and oxygen atoms in total. The summed E-state index contributed by atoms with van der Waals surface area (Å²) in [7, 11) is 0. The van der Waals surface area contributed by atoms with Gasteiger partial charge in [-0.1, -0.05) is 32.6 Å². The summed E-state index contributed by atoms with van der Waals surface area (Å²) in [4.78, 5) is 16.1. The van der Waals surface area contributed by atoms with E-state index < -0.39 is 0 Å². The maximum absolute atomic E-state index is 12.1. The Kier molecular flexibility index (Phi) is 4.93. The molecular weight excluding hydrogens is 280 g/mol. The summed E-state index contributed by atoms with van der Waals surface area (Å²) >= 11 is 0. The van der Waals surface area contributed by atoms with Crippen molar-refractivity contribution in [3.63, 3.8) is 0 Å². The van der Waals surface area contributed by atoms with Crippen LogP contribution in [0, 0.1) is 0 Å². The van der Waals surface area contributed by atoms with Crippen LogP contribution in [0.25, 0.3) is 11.1 Å². The van der Waals surface area contributed by atoms with Gasteiger partial charge in [0.05, 0.1) is 5.39 Å². The summed E-state index contributed by atoms with van der Waals surface area (Å²) in [6.45, 7) is 2.93. The van der Waals surface area contributed by atoms with E-state index in [9.17, 15) is 4.79 Å². The van der Waals surface area contributed by atoms with E-state index in [0.29, 0.717) is 12.3 Å². The lowest BCUT2D eigenvalue weighted by atomic mass is 10.1. The number of fused-ring (bicyclic) bond motifs is 1. The molecule has 0 N–H and O–H groups in total. The standard InChI is InChI=1S/C17H24N2O3/c1-2-3-4-5-6-8-14-11-13-12-19(15-9-7-10-21-15)17(20)18-16(13)22-14/h11-12,15H,2-10H2,1H3. The van der Waals surface area contributed by atoms with Crippen molar-refractivity contribution in [1.29, 1.82) is 0 Å². The van der Waals surface area contributed by atoms with E-state index in [-0.39, 0.29) is 11.9 Å². The zero-order chi connectivity index (χ0) is 15.4. The first-order chi connectivity index (χ1) is 10.8. The third kappa shape index (κ3) is 3.40. The quantitative estimate of drug-likeness (QED) is 0.730. The molecule has 1 aliphatic heterocycles. The molecule has 1 fully saturated rings. The number of aryl methyl sites for hydroxylation is 1. The van der Waals surface area contributed by atoms with Crippen molar-refractivity contribution < 1.29 is 9.15 Å². The zero-order valence-electron chi connectivity index (χ0n) is 13.2. The van der Waals surface area contributed by atoms with Gasteiger partial charge in [0.25, 0.3) is 0 Å². The van der Waals surface area contributed by atoms with Crippen LogP contribution in [0.1, 0.15) is 63.9 Å². The highest BCUT2D eigenvalue weighted by Crippen LogP contribution is 2.24. The van der Waals surface area contributed by atoms with Crippen LogP contribution in [0.3, 0.4) is 0 Å². The third-order valence-corrected chi connectivity index (χ3v) is 4.23. The number of hydrogen-bond donors (Lipinski definition) is 0. The Bertz CT molecular complexity index is 668. The third-order valence-electron chi connectivity index (χ3n) is 4.23. The van der Waals surface area contributed by atoms with Gasteiger partial charge in [-0.3, -0.25) is 4.57 Å². The maximum atomic E-state index is 12.1. The molecule has 0 aromatic carbocycles. The molecule has 120 valence electrons. The molecule has 0 radical (unpaired) electrons. The van der Waals surface area contributed by atoms with Gasteiger partial charge in [-0.2, -0.15) is 4.98 Å². The van der Waals surface area contributed by atoms with Crippen LogP contribution in [-0.2, 0) is 11.2 Å². The van der Waals surface area contributed by atoms with Crippen molar-refractivity contribution in [1.82, 2.24) is 9.55 Å². The van der Waals surface area contributed by atoms with Gasteiger partial charge in [-0.25, -0.2) is 4.79 Å². The van der Waals surface area contributed by atoms with E-state index in [1.807, 2.05) is 12.3 Å². The molecule has 0 bridgehead atoms. The molecule has 2 aromatic heterocycles. The Morgan fingerprint density at radius 2 is 2.18 bits per heavy atom. The molecular formula is C17H24N2O3. The van der Waals surface area contributed by atoms with Gasteiger partial charge in [-0.05, 0) is 25.3 Å². The van der Waals surface area contributed by atoms with Gasteiger partial charge < -0.3 is 9.15 Å².